The molecule has 0 saturated carbocycles. The molecule has 1 aliphatic rings. The Morgan fingerprint density at radius 2 is 2.13 bits per heavy atom. The fourth-order valence-electron chi connectivity index (χ4n) is 2.76. The maximum Gasteiger partial charge on any atom is 0.249 e. The van der Waals surface area contributed by atoms with Gasteiger partial charge in [0.1, 0.15) is 6.04 Å². The van der Waals surface area contributed by atoms with Crippen LogP contribution in [0, 0.1) is 0 Å². The number of amides is 1. The second-order valence-electron chi connectivity index (χ2n) is 6.17. The van der Waals surface area contributed by atoms with Crippen LogP contribution in [0.5, 0.6) is 0 Å². The zero-order valence-electron chi connectivity index (χ0n) is 13.5. The van der Waals surface area contributed by atoms with E-state index in [1.807, 2.05) is 43.0 Å². The van der Waals surface area contributed by atoms with Crippen LogP contribution in [0.2, 0.25) is 0 Å². The molecule has 2 aromatic rings. The standard InChI is InChI=1S/C18H21N3O2/c1-4-13-5-7-14(8-6-13)11-21-15(9-10-16(21)22)18-19-17(12(2)3)20-23-18/h4-8,12,15H,1,9-11H2,2-3H3. The van der Waals surface area contributed by atoms with Gasteiger partial charge in [-0.15, -0.1) is 0 Å². The quantitative estimate of drug-likeness (QED) is 0.844. The first kappa shape index (κ1) is 15.5. The van der Waals surface area contributed by atoms with Crippen molar-refractivity contribution in [2.75, 3.05) is 0 Å². The van der Waals surface area contributed by atoms with Gasteiger partial charge in [-0.05, 0) is 17.5 Å². The van der Waals surface area contributed by atoms with E-state index in [1.165, 1.54) is 0 Å². The maximum atomic E-state index is 12.2. The highest BCUT2D eigenvalue weighted by atomic mass is 16.5. The van der Waals surface area contributed by atoms with Crippen molar-refractivity contribution >= 4 is 12.0 Å². The van der Waals surface area contributed by atoms with E-state index in [-0.39, 0.29) is 17.9 Å². The molecule has 1 unspecified atom stereocenters. The van der Waals surface area contributed by atoms with Gasteiger partial charge in [-0.25, -0.2) is 0 Å². The topological polar surface area (TPSA) is 59.2 Å². The average Bonchev–Trinajstić information content (AvgIpc) is 3.16. The molecule has 1 fully saturated rings. The summed E-state index contributed by atoms with van der Waals surface area (Å²) < 4.78 is 5.39. The number of hydrogen-bond donors (Lipinski definition) is 0. The summed E-state index contributed by atoms with van der Waals surface area (Å²) in [5.74, 6) is 1.58. The van der Waals surface area contributed by atoms with Crippen molar-refractivity contribution in [1.82, 2.24) is 15.0 Å². The van der Waals surface area contributed by atoms with Crippen LogP contribution in [0.4, 0.5) is 0 Å². The highest BCUT2D eigenvalue weighted by Crippen LogP contribution is 2.33. The van der Waals surface area contributed by atoms with Crippen molar-refractivity contribution in [3.05, 3.63) is 53.7 Å². The van der Waals surface area contributed by atoms with E-state index >= 15 is 0 Å². The van der Waals surface area contributed by atoms with Crippen LogP contribution in [-0.2, 0) is 11.3 Å². The van der Waals surface area contributed by atoms with Crippen molar-refractivity contribution in [1.29, 1.82) is 0 Å². The third-order valence-electron chi connectivity index (χ3n) is 4.16. The number of nitrogens with zero attached hydrogens (tertiary/aromatic N) is 3. The normalized spacial score (nSPS) is 18.0. The van der Waals surface area contributed by atoms with Gasteiger partial charge in [-0.3, -0.25) is 4.79 Å². The van der Waals surface area contributed by atoms with E-state index in [1.54, 1.807) is 6.08 Å². The van der Waals surface area contributed by atoms with Crippen molar-refractivity contribution in [3.63, 3.8) is 0 Å². The first-order valence-corrected chi connectivity index (χ1v) is 7.93. The summed E-state index contributed by atoms with van der Waals surface area (Å²) in [6, 6.07) is 7.92. The van der Waals surface area contributed by atoms with Crippen LogP contribution in [0.25, 0.3) is 6.08 Å². The molecule has 1 saturated heterocycles. The largest absolute Gasteiger partial charge is 0.337 e. The van der Waals surface area contributed by atoms with Gasteiger partial charge >= 0.3 is 0 Å². The highest BCUT2D eigenvalue weighted by Gasteiger charge is 2.36. The van der Waals surface area contributed by atoms with E-state index in [4.69, 9.17) is 4.52 Å². The molecule has 1 aliphatic heterocycles. The number of carbonyl (C=O) groups is 1. The summed E-state index contributed by atoms with van der Waals surface area (Å²) in [5, 5.41) is 4.01. The molecule has 0 aliphatic carbocycles. The van der Waals surface area contributed by atoms with Gasteiger partial charge in [0.25, 0.3) is 0 Å². The Kier molecular flexibility index (Phi) is 4.28. The van der Waals surface area contributed by atoms with Gasteiger partial charge in [0.2, 0.25) is 11.8 Å². The Morgan fingerprint density at radius 3 is 2.74 bits per heavy atom. The van der Waals surface area contributed by atoms with Gasteiger partial charge in [0.15, 0.2) is 5.82 Å². The number of carbonyl (C=O) groups excluding carboxylic acids is 1. The summed E-state index contributed by atoms with van der Waals surface area (Å²) in [6.45, 7) is 8.35. The smallest absolute Gasteiger partial charge is 0.249 e. The van der Waals surface area contributed by atoms with Crippen LogP contribution < -0.4 is 0 Å². The Balaban J connectivity index is 1.79. The molecule has 2 heterocycles. The molecule has 5 heteroatoms. The van der Waals surface area contributed by atoms with E-state index in [2.05, 4.69) is 16.7 Å². The SMILES string of the molecule is C=Cc1ccc(CN2C(=O)CCC2c2nc(C(C)C)no2)cc1. The maximum absolute atomic E-state index is 12.2. The summed E-state index contributed by atoms with van der Waals surface area (Å²) >= 11 is 0. The van der Waals surface area contributed by atoms with E-state index in [0.29, 0.717) is 24.7 Å². The van der Waals surface area contributed by atoms with Crippen molar-refractivity contribution in [2.45, 2.75) is 45.2 Å². The van der Waals surface area contributed by atoms with Crippen molar-refractivity contribution in [2.24, 2.45) is 0 Å². The second-order valence-corrected chi connectivity index (χ2v) is 6.17. The number of likely N-dealkylation sites (tertiary alicyclic amines) is 1. The Labute approximate surface area is 136 Å². The molecular weight excluding hydrogens is 290 g/mol. The van der Waals surface area contributed by atoms with Gasteiger partial charge in [-0.1, -0.05) is 55.9 Å². The molecule has 120 valence electrons. The highest BCUT2D eigenvalue weighted by molar-refractivity contribution is 5.78. The van der Waals surface area contributed by atoms with E-state index in [9.17, 15) is 4.79 Å². The lowest BCUT2D eigenvalue weighted by Crippen LogP contribution is -2.27. The van der Waals surface area contributed by atoms with E-state index in [0.717, 1.165) is 17.5 Å². The number of hydrogen-bond acceptors (Lipinski definition) is 4. The summed E-state index contributed by atoms with van der Waals surface area (Å²) in [4.78, 5) is 18.5. The minimum Gasteiger partial charge on any atom is -0.337 e. The zero-order valence-corrected chi connectivity index (χ0v) is 13.5. The summed E-state index contributed by atoms with van der Waals surface area (Å²) in [5.41, 5.74) is 2.15. The van der Waals surface area contributed by atoms with Crippen molar-refractivity contribution in [3.8, 4) is 0 Å². The van der Waals surface area contributed by atoms with Crippen LogP contribution >= 0.6 is 0 Å². The molecule has 23 heavy (non-hydrogen) atoms. The third-order valence-corrected chi connectivity index (χ3v) is 4.16. The Hall–Kier alpha value is -2.43. The van der Waals surface area contributed by atoms with Crippen LogP contribution in [0.1, 0.15) is 61.5 Å². The molecule has 1 aromatic carbocycles. The van der Waals surface area contributed by atoms with Crippen LogP contribution in [-0.4, -0.2) is 20.9 Å². The molecule has 1 amide bonds. The summed E-state index contributed by atoms with van der Waals surface area (Å²) in [7, 11) is 0. The molecule has 1 atom stereocenters. The molecule has 3 rings (SSSR count). The average molecular weight is 311 g/mol. The summed E-state index contributed by atoms with van der Waals surface area (Å²) in [6.07, 6.45) is 3.05. The number of benzene rings is 1. The minimum absolute atomic E-state index is 0.124. The molecule has 0 spiro atoms. The predicted octanol–water partition coefficient (Wildman–Crippen LogP) is 3.70. The lowest BCUT2D eigenvalue weighted by Gasteiger charge is -2.22. The molecule has 1 aromatic heterocycles. The van der Waals surface area contributed by atoms with Gasteiger partial charge in [0.05, 0.1) is 0 Å². The van der Waals surface area contributed by atoms with Gasteiger partial charge in [-0.2, -0.15) is 4.98 Å². The Bertz CT molecular complexity index is 703. The van der Waals surface area contributed by atoms with Gasteiger partial charge < -0.3 is 9.42 Å². The lowest BCUT2D eigenvalue weighted by atomic mass is 10.1. The fraction of sp³-hybridized carbons (Fsp3) is 0.389. The second kappa shape index (κ2) is 6.36. The molecule has 0 bridgehead atoms. The number of aromatic nitrogens is 2. The minimum atomic E-state index is -0.124. The van der Waals surface area contributed by atoms with Crippen LogP contribution in [0.15, 0.2) is 35.4 Å². The zero-order chi connectivity index (χ0) is 16.4. The van der Waals surface area contributed by atoms with Crippen LogP contribution in [0.3, 0.4) is 0 Å². The first-order valence-electron chi connectivity index (χ1n) is 7.93. The molecular formula is C18H21N3O2. The Morgan fingerprint density at radius 1 is 1.39 bits per heavy atom. The van der Waals surface area contributed by atoms with Crippen molar-refractivity contribution < 1.29 is 9.32 Å². The first-order chi connectivity index (χ1) is 11.1. The lowest BCUT2D eigenvalue weighted by molar-refractivity contribution is -0.129. The van der Waals surface area contributed by atoms with Gasteiger partial charge in [0, 0.05) is 18.9 Å². The number of rotatable bonds is 5. The molecule has 0 radical (unpaired) electrons. The predicted molar refractivity (Wildman–Crippen MR) is 87.4 cm³/mol. The fourth-order valence-corrected chi connectivity index (χ4v) is 2.76. The van der Waals surface area contributed by atoms with E-state index < -0.39 is 0 Å². The molecule has 0 N–H and O–H groups in total. The molecule has 5 nitrogen and oxygen atoms in total. The third kappa shape index (κ3) is 3.18. The monoisotopic (exact) mass is 311 g/mol.